The van der Waals surface area contributed by atoms with Crippen molar-refractivity contribution in [3.05, 3.63) is 52.5 Å². The average molecular weight is 301 g/mol. The van der Waals surface area contributed by atoms with Gasteiger partial charge in [-0.15, -0.1) is 11.3 Å². The van der Waals surface area contributed by atoms with Crippen LogP contribution in [-0.4, -0.2) is 34.9 Å². The van der Waals surface area contributed by atoms with Crippen LogP contribution in [-0.2, 0) is 6.54 Å². The Hall–Kier alpha value is -1.72. The molecule has 0 aliphatic carbocycles. The van der Waals surface area contributed by atoms with E-state index in [1.807, 2.05) is 6.07 Å². The monoisotopic (exact) mass is 301 g/mol. The summed E-state index contributed by atoms with van der Waals surface area (Å²) in [6.07, 6.45) is 3.65. The quantitative estimate of drug-likeness (QED) is 0.944. The lowest BCUT2D eigenvalue weighted by Gasteiger charge is -2.32. The highest BCUT2D eigenvalue weighted by molar-refractivity contribution is 7.11. The van der Waals surface area contributed by atoms with Crippen LogP contribution in [0.2, 0.25) is 0 Å². The van der Waals surface area contributed by atoms with Crippen LogP contribution in [0.3, 0.4) is 0 Å². The number of nitrogens with one attached hydrogen (secondary N) is 1. The maximum absolute atomic E-state index is 12.0. The summed E-state index contributed by atoms with van der Waals surface area (Å²) in [4.78, 5) is 19.1. The molecule has 1 saturated heterocycles. The SMILES string of the molecule is O=C(NC1CCN(Cc2ccccc2)CC1)c1cncs1. The Labute approximate surface area is 128 Å². The van der Waals surface area contributed by atoms with Gasteiger partial charge in [0.2, 0.25) is 0 Å². The predicted octanol–water partition coefficient (Wildman–Crippen LogP) is 2.54. The second kappa shape index (κ2) is 6.83. The van der Waals surface area contributed by atoms with Gasteiger partial charge in [-0.2, -0.15) is 0 Å². The molecule has 1 amide bonds. The Morgan fingerprint density at radius 2 is 2.05 bits per heavy atom. The van der Waals surface area contributed by atoms with Gasteiger partial charge >= 0.3 is 0 Å². The second-order valence-corrected chi connectivity index (χ2v) is 6.26. The second-order valence-electron chi connectivity index (χ2n) is 5.38. The molecular weight excluding hydrogens is 282 g/mol. The molecule has 0 unspecified atom stereocenters. The van der Waals surface area contributed by atoms with Crippen molar-refractivity contribution in [2.45, 2.75) is 25.4 Å². The van der Waals surface area contributed by atoms with Crippen LogP contribution in [0.5, 0.6) is 0 Å². The van der Waals surface area contributed by atoms with Crippen LogP contribution in [0.15, 0.2) is 42.0 Å². The average Bonchev–Trinajstić information content (AvgIpc) is 3.05. The van der Waals surface area contributed by atoms with Gasteiger partial charge in [0.25, 0.3) is 5.91 Å². The molecule has 0 radical (unpaired) electrons. The zero-order valence-corrected chi connectivity index (χ0v) is 12.7. The van der Waals surface area contributed by atoms with Gasteiger partial charge in [0.15, 0.2) is 0 Å². The Bertz CT molecular complexity index is 562. The first kappa shape index (κ1) is 14.2. The van der Waals surface area contributed by atoms with E-state index in [-0.39, 0.29) is 11.9 Å². The van der Waals surface area contributed by atoms with E-state index in [0.717, 1.165) is 32.5 Å². The van der Waals surface area contributed by atoms with Gasteiger partial charge in [-0.3, -0.25) is 14.7 Å². The van der Waals surface area contributed by atoms with Gasteiger partial charge in [-0.25, -0.2) is 0 Å². The number of likely N-dealkylation sites (tertiary alicyclic amines) is 1. The molecule has 1 aliphatic heterocycles. The number of hydrogen-bond donors (Lipinski definition) is 1. The largest absolute Gasteiger partial charge is 0.348 e. The Kier molecular flexibility index (Phi) is 4.62. The van der Waals surface area contributed by atoms with Gasteiger partial charge in [0.05, 0.1) is 11.7 Å². The third kappa shape index (κ3) is 3.89. The lowest BCUT2D eigenvalue weighted by atomic mass is 10.0. The number of nitrogens with zero attached hydrogens (tertiary/aromatic N) is 2. The molecule has 4 nitrogen and oxygen atoms in total. The summed E-state index contributed by atoms with van der Waals surface area (Å²) in [6, 6.07) is 10.8. The van der Waals surface area contributed by atoms with E-state index >= 15 is 0 Å². The number of carbonyl (C=O) groups excluding carboxylic acids is 1. The van der Waals surface area contributed by atoms with Crippen molar-refractivity contribution in [3.63, 3.8) is 0 Å². The van der Waals surface area contributed by atoms with Crippen molar-refractivity contribution >= 4 is 17.2 Å². The number of amides is 1. The normalized spacial score (nSPS) is 16.8. The lowest BCUT2D eigenvalue weighted by molar-refractivity contribution is 0.0913. The van der Waals surface area contributed by atoms with E-state index < -0.39 is 0 Å². The molecule has 0 atom stereocenters. The summed E-state index contributed by atoms with van der Waals surface area (Å²) < 4.78 is 0. The molecule has 0 spiro atoms. The molecule has 2 aromatic rings. The third-order valence-corrected chi connectivity index (χ3v) is 4.60. The fourth-order valence-corrected chi connectivity index (χ4v) is 3.18. The van der Waals surface area contributed by atoms with Gasteiger partial charge < -0.3 is 5.32 Å². The molecule has 1 fully saturated rings. The zero-order valence-electron chi connectivity index (χ0n) is 11.9. The molecule has 0 saturated carbocycles. The minimum atomic E-state index is 0.0130. The van der Waals surface area contributed by atoms with Gasteiger partial charge in [-0.1, -0.05) is 30.3 Å². The predicted molar refractivity (Wildman–Crippen MR) is 84.3 cm³/mol. The highest BCUT2D eigenvalue weighted by Gasteiger charge is 2.21. The molecule has 1 aromatic carbocycles. The highest BCUT2D eigenvalue weighted by atomic mass is 32.1. The topological polar surface area (TPSA) is 45.2 Å². The number of aromatic nitrogens is 1. The summed E-state index contributed by atoms with van der Waals surface area (Å²) in [5.41, 5.74) is 3.04. The molecule has 1 N–H and O–H groups in total. The highest BCUT2D eigenvalue weighted by Crippen LogP contribution is 2.15. The van der Waals surface area contributed by atoms with Gasteiger partial charge in [0, 0.05) is 25.7 Å². The molecule has 110 valence electrons. The fraction of sp³-hybridized carbons (Fsp3) is 0.375. The summed E-state index contributed by atoms with van der Waals surface area (Å²) in [7, 11) is 0. The smallest absolute Gasteiger partial charge is 0.263 e. The van der Waals surface area contributed by atoms with Crippen molar-refractivity contribution < 1.29 is 4.79 Å². The van der Waals surface area contributed by atoms with Gasteiger partial charge in [0.1, 0.15) is 4.88 Å². The van der Waals surface area contributed by atoms with Gasteiger partial charge in [-0.05, 0) is 18.4 Å². The molecule has 1 aliphatic rings. The van der Waals surface area contributed by atoms with E-state index in [9.17, 15) is 4.79 Å². The van der Waals surface area contributed by atoms with Crippen LogP contribution in [0.1, 0.15) is 28.1 Å². The van der Waals surface area contributed by atoms with E-state index in [2.05, 4.69) is 39.5 Å². The number of benzene rings is 1. The standard InChI is InChI=1S/C16H19N3OS/c20-16(15-10-17-12-21-15)18-14-6-8-19(9-7-14)11-13-4-2-1-3-5-13/h1-5,10,12,14H,6-9,11H2,(H,18,20). The lowest BCUT2D eigenvalue weighted by Crippen LogP contribution is -2.44. The number of piperidine rings is 1. The maximum atomic E-state index is 12.0. The van der Waals surface area contributed by atoms with Crippen molar-refractivity contribution in [1.82, 2.24) is 15.2 Å². The molecule has 0 bridgehead atoms. The zero-order chi connectivity index (χ0) is 14.5. The van der Waals surface area contributed by atoms with Crippen LogP contribution < -0.4 is 5.32 Å². The van der Waals surface area contributed by atoms with Crippen LogP contribution in [0.4, 0.5) is 0 Å². The number of rotatable bonds is 4. The van der Waals surface area contributed by atoms with Crippen molar-refractivity contribution in [2.24, 2.45) is 0 Å². The van der Waals surface area contributed by atoms with Crippen molar-refractivity contribution in [1.29, 1.82) is 0 Å². The summed E-state index contributed by atoms with van der Waals surface area (Å²) in [5, 5.41) is 3.11. The van der Waals surface area contributed by atoms with E-state index in [1.54, 1.807) is 11.7 Å². The molecule has 1 aromatic heterocycles. The minimum absolute atomic E-state index is 0.0130. The Morgan fingerprint density at radius 3 is 2.71 bits per heavy atom. The number of carbonyl (C=O) groups is 1. The summed E-state index contributed by atoms with van der Waals surface area (Å²) in [6.45, 7) is 3.06. The fourth-order valence-electron chi connectivity index (χ4n) is 2.66. The Morgan fingerprint density at radius 1 is 1.29 bits per heavy atom. The van der Waals surface area contributed by atoms with E-state index in [1.165, 1.54) is 16.9 Å². The van der Waals surface area contributed by atoms with Crippen molar-refractivity contribution in [2.75, 3.05) is 13.1 Å². The number of hydrogen-bond acceptors (Lipinski definition) is 4. The van der Waals surface area contributed by atoms with Crippen LogP contribution in [0.25, 0.3) is 0 Å². The minimum Gasteiger partial charge on any atom is -0.348 e. The summed E-state index contributed by atoms with van der Waals surface area (Å²) >= 11 is 1.39. The Balaban J connectivity index is 1.46. The maximum Gasteiger partial charge on any atom is 0.263 e. The third-order valence-electron chi connectivity index (χ3n) is 3.83. The molecule has 3 rings (SSSR count). The summed E-state index contributed by atoms with van der Waals surface area (Å²) in [5.74, 6) is 0.0130. The number of thiazole rings is 1. The van der Waals surface area contributed by atoms with E-state index in [0.29, 0.717) is 4.88 Å². The molecule has 21 heavy (non-hydrogen) atoms. The molecular formula is C16H19N3OS. The first-order valence-corrected chi connectivity index (χ1v) is 8.15. The molecule has 2 heterocycles. The first-order chi connectivity index (χ1) is 10.3. The first-order valence-electron chi connectivity index (χ1n) is 7.27. The molecule has 5 heteroatoms. The van der Waals surface area contributed by atoms with Crippen LogP contribution in [0, 0.1) is 0 Å². The van der Waals surface area contributed by atoms with Crippen molar-refractivity contribution in [3.8, 4) is 0 Å². The van der Waals surface area contributed by atoms with E-state index in [4.69, 9.17) is 0 Å². The van der Waals surface area contributed by atoms with Crippen LogP contribution >= 0.6 is 11.3 Å².